The summed E-state index contributed by atoms with van der Waals surface area (Å²) in [6.45, 7) is 17.0. The summed E-state index contributed by atoms with van der Waals surface area (Å²) in [5, 5.41) is 0. The molecule has 0 aliphatic carbocycles. The van der Waals surface area contributed by atoms with Crippen molar-refractivity contribution >= 4 is 17.6 Å². The predicted octanol–water partition coefficient (Wildman–Crippen LogP) is 2.05. The summed E-state index contributed by atoms with van der Waals surface area (Å²) in [6.07, 6.45) is 0.795. The molecule has 0 spiro atoms. The molecule has 0 aromatic carbocycles. The third-order valence-electron chi connectivity index (χ3n) is 6.52. The molecule has 14 heteroatoms. The van der Waals surface area contributed by atoms with Crippen molar-refractivity contribution in [1.82, 2.24) is 0 Å². The van der Waals surface area contributed by atoms with Crippen LogP contribution in [0.2, 0.25) is 11.1 Å². The number of rotatable bonds is 2. The van der Waals surface area contributed by atoms with Gasteiger partial charge in [-0.05, 0) is 6.42 Å². The fourth-order valence-corrected chi connectivity index (χ4v) is 9.10. The SMILES string of the molecule is CC(C)[Si]12OCCOCCOCC(CCO1)OCCO2.CC(C)[Si]12OCCOCCOCC(CO1)OCCO2. The minimum Gasteiger partial charge on any atom is -0.377 e. The lowest BCUT2D eigenvalue weighted by atomic mass is 10.3. The van der Waals surface area contributed by atoms with E-state index in [1.54, 1.807) is 0 Å². The van der Waals surface area contributed by atoms with Crippen molar-refractivity contribution in [3.63, 3.8) is 0 Å². The fraction of sp³-hybridized carbons (Fsp3) is 1.00. The van der Waals surface area contributed by atoms with Crippen LogP contribution in [0.15, 0.2) is 0 Å². The molecule has 4 aliphatic rings. The highest BCUT2D eigenvalue weighted by atomic mass is 28.4. The van der Waals surface area contributed by atoms with Crippen LogP contribution in [0.25, 0.3) is 0 Å². The number of hydrogen-bond donors (Lipinski definition) is 0. The topological polar surface area (TPSA) is 111 Å². The first-order valence-electron chi connectivity index (χ1n) is 14.3. The summed E-state index contributed by atoms with van der Waals surface area (Å²) in [6, 6.07) is 0. The maximum absolute atomic E-state index is 6.06. The van der Waals surface area contributed by atoms with Crippen LogP contribution in [0.5, 0.6) is 0 Å². The normalized spacial score (nSPS) is 34.9. The number of ether oxygens (including phenoxy) is 6. The molecule has 0 N–H and O–H groups in total. The van der Waals surface area contributed by atoms with Crippen molar-refractivity contribution in [2.45, 2.75) is 57.4 Å². The molecule has 0 aromatic rings. The second-order valence-corrected chi connectivity index (χ2v) is 16.7. The lowest BCUT2D eigenvalue weighted by Gasteiger charge is -2.36. The minimum absolute atomic E-state index is 0.0521. The quantitative estimate of drug-likeness (QED) is 0.434. The Labute approximate surface area is 235 Å². The number of fused-ring (bicyclic) bond motifs is 7. The Morgan fingerprint density at radius 3 is 1.38 bits per heavy atom. The first-order valence-corrected chi connectivity index (χ1v) is 17.9. The molecule has 4 unspecified atom stereocenters. The van der Waals surface area contributed by atoms with E-state index in [0.29, 0.717) is 106 Å². The largest absolute Gasteiger partial charge is 0.503 e. The average molecular weight is 599 g/mol. The Balaban J connectivity index is 0.000000216. The molecule has 0 amide bonds. The second kappa shape index (κ2) is 18.5. The van der Waals surface area contributed by atoms with Crippen LogP contribution < -0.4 is 0 Å². The van der Waals surface area contributed by atoms with Crippen molar-refractivity contribution in [3.05, 3.63) is 0 Å². The maximum atomic E-state index is 6.06. The van der Waals surface area contributed by atoms with Gasteiger partial charge in [-0.25, -0.2) is 0 Å². The van der Waals surface area contributed by atoms with Crippen molar-refractivity contribution in [2.75, 3.05) is 106 Å². The zero-order chi connectivity index (χ0) is 27.8. The van der Waals surface area contributed by atoms with Crippen LogP contribution >= 0.6 is 0 Å². The second-order valence-electron chi connectivity index (χ2n) is 10.2. The smallest absolute Gasteiger partial charge is 0.377 e. The van der Waals surface area contributed by atoms with Crippen LogP contribution in [0.3, 0.4) is 0 Å². The highest BCUT2D eigenvalue weighted by Gasteiger charge is 2.47. The number of hydrogen-bond acceptors (Lipinski definition) is 12. The van der Waals surface area contributed by atoms with Gasteiger partial charge < -0.3 is 55.0 Å². The third-order valence-corrected chi connectivity index (χ3v) is 13.0. The van der Waals surface area contributed by atoms with E-state index in [1.165, 1.54) is 0 Å². The van der Waals surface area contributed by atoms with Crippen molar-refractivity contribution in [1.29, 1.82) is 0 Å². The highest BCUT2D eigenvalue weighted by molar-refractivity contribution is 6.62. The van der Waals surface area contributed by atoms with Gasteiger partial charge in [0.2, 0.25) is 0 Å². The summed E-state index contributed by atoms with van der Waals surface area (Å²) >= 11 is 0. The summed E-state index contributed by atoms with van der Waals surface area (Å²) < 4.78 is 69.3. The van der Waals surface area contributed by atoms with Gasteiger partial charge in [-0.2, -0.15) is 0 Å². The summed E-state index contributed by atoms with van der Waals surface area (Å²) in [4.78, 5) is 0. The molecule has 4 heterocycles. The highest BCUT2D eigenvalue weighted by Crippen LogP contribution is 2.27. The lowest BCUT2D eigenvalue weighted by Crippen LogP contribution is -2.53. The van der Waals surface area contributed by atoms with E-state index in [0.717, 1.165) is 6.42 Å². The fourth-order valence-electron chi connectivity index (χ4n) is 4.30. The summed E-state index contributed by atoms with van der Waals surface area (Å²) in [7, 11) is -5.29. The van der Waals surface area contributed by atoms with Crippen LogP contribution in [0.4, 0.5) is 0 Å². The Morgan fingerprint density at radius 1 is 0.410 bits per heavy atom. The molecular formula is C25H50O12Si2. The predicted molar refractivity (Wildman–Crippen MR) is 145 cm³/mol. The molecule has 39 heavy (non-hydrogen) atoms. The standard InChI is InChI=1S/C13H26O6Si.C12H24O6Si/c1-12(2)20-17-4-3-13(16-8-10-19-20)11-15-6-5-14-7-9-18-20;1-11(2)19-16-7-5-13-3-4-14-9-12(10-18-19)15-6-8-17-19/h12-13H,3-11H2,1-2H3;11-12H,3-10H2,1-2H3. The zero-order valence-corrected chi connectivity index (χ0v) is 26.2. The summed E-state index contributed by atoms with van der Waals surface area (Å²) in [5.74, 6) is 0. The zero-order valence-electron chi connectivity index (χ0n) is 24.2. The first-order chi connectivity index (χ1) is 19.0. The van der Waals surface area contributed by atoms with E-state index in [4.69, 9.17) is 55.0 Å². The van der Waals surface area contributed by atoms with Crippen LogP contribution in [0.1, 0.15) is 34.1 Å². The van der Waals surface area contributed by atoms with Crippen LogP contribution in [-0.4, -0.2) is 136 Å². The molecule has 12 nitrogen and oxygen atoms in total. The van der Waals surface area contributed by atoms with E-state index in [-0.39, 0.29) is 23.3 Å². The van der Waals surface area contributed by atoms with Gasteiger partial charge in [0.05, 0.1) is 105 Å². The third kappa shape index (κ3) is 11.6. The van der Waals surface area contributed by atoms with E-state index < -0.39 is 17.6 Å². The Hall–Kier alpha value is -0.0462. The molecule has 4 fully saturated rings. The molecule has 4 rings (SSSR count). The van der Waals surface area contributed by atoms with E-state index in [9.17, 15) is 0 Å². The monoisotopic (exact) mass is 598 g/mol. The van der Waals surface area contributed by atoms with Crippen molar-refractivity contribution in [3.8, 4) is 0 Å². The van der Waals surface area contributed by atoms with E-state index in [2.05, 4.69) is 27.7 Å². The van der Waals surface area contributed by atoms with Gasteiger partial charge in [-0.15, -0.1) is 0 Å². The van der Waals surface area contributed by atoms with Gasteiger partial charge >= 0.3 is 17.6 Å². The van der Waals surface area contributed by atoms with Crippen LogP contribution in [0, 0.1) is 0 Å². The molecule has 4 aliphatic heterocycles. The molecule has 4 saturated heterocycles. The van der Waals surface area contributed by atoms with E-state index in [1.807, 2.05) is 0 Å². The maximum Gasteiger partial charge on any atom is 0.503 e. The Morgan fingerprint density at radius 2 is 0.821 bits per heavy atom. The Bertz CT molecular complexity index is 648. The van der Waals surface area contributed by atoms with Gasteiger partial charge in [0.25, 0.3) is 0 Å². The lowest BCUT2D eigenvalue weighted by molar-refractivity contribution is -0.0996. The van der Waals surface area contributed by atoms with Gasteiger partial charge in [0.15, 0.2) is 0 Å². The Kier molecular flexibility index (Phi) is 15.9. The van der Waals surface area contributed by atoms with Gasteiger partial charge in [-0.3, -0.25) is 0 Å². The van der Waals surface area contributed by atoms with Crippen molar-refractivity contribution in [2.24, 2.45) is 0 Å². The van der Waals surface area contributed by atoms with Gasteiger partial charge in [0.1, 0.15) is 6.10 Å². The molecule has 4 bridgehead atoms. The first kappa shape index (κ1) is 33.5. The van der Waals surface area contributed by atoms with Gasteiger partial charge in [-0.1, -0.05) is 27.7 Å². The molecule has 0 aromatic heterocycles. The van der Waals surface area contributed by atoms with E-state index >= 15 is 0 Å². The average Bonchev–Trinajstić information content (AvgIpc) is 3.01. The molecular weight excluding hydrogens is 548 g/mol. The molecule has 4 atom stereocenters. The molecule has 0 radical (unpaired) electrons. The summed E-state index contributed by atoms with van der Waals surface area (Å²) in [5.41, 5.74) is 0.440. The van der Waals surface area contributed by atoms with Gasteiger partial charge in [0, 0.05) is 17.7 Å². The van der Waals surface area contributed by atoms with Crippen LogP contribution in [-0.2, 0) is 55.0 Å². The molecule has 230 valence electrons. The minimum atomic E-state index is -2.65. The van der Waals surface area contributed by atoms with Crippen molar-refractivity contribution < 1.29 is 55.0 Å². The molecule has 0 saturated carbocycles.